The van der Waals surface area contributed by atoms with Gasteiger partial charge in [0.2, 0.25) is 5.78 Å². The molecule has 1 N–H and O–H groups in total. The Morgan fingerprint density at radius 1 is 0.969 bits per heavy atom. The standard InChI is InChI=1S/C28H27NO3/c1-19-16-24(30)23(18-29-14-6-3-7-15-29)28-26(19)27(31)25(32-28)17-20-10-12-22(13-11-20)21-8-4-2-5-9-21/h2,4-5,8-13,16-17,30H,3,6-7,14-15,18H2,1H3/b25-17-. The Labute approximate surface area is 188 Å². The normalized spacial score (nSPS) is 17.4. The van der Waals surface area contributed by atoms with Crippen LogP contribution in [0.4, 0.5) is 0 Å². The molecule has 32 heavy (non-hydrogen) atoms. The highest BCUT2D eigenvalue weighted by Crippen LogP contribution is 2.42. The summed E-state index contributed by atoms with van der Waals surface area (Å²) in [5.41, 5.74) is 5.21. The van der Waals surface area contributed by atoms with Crippen molar-refractivity contribution in [2.75, 3.05) is 13.1 Å². The summed E-state index contributed by atoms with van der Waals surface area (Å²) >= 11 is 0. The molecule has 2 aliphatic rings. The van der Waals surface area contributed by atoms with Crippen molar-refractivity contribution in [3.63, 3.8) is 0 Å². The average molecular weight is 426 g/mol. The first-order valence-electron chi connectivity index (χ1n) is 11.3. The van der Waals surface area contributed by atoms with Crippen molar-refractivity contribution in [1.82, 2.24) is 4.90 Å². The molecule has 162 valence electrons. The van der Waals surface area contributed by atoms with E-state index in [1.165, 1.54) is 19.3 Å². The first-order chi connectivity index (χ1) is 15.6. The van der Waals surface area contributed by atoms with Crippen molar-refractivity contribution in [2.45, 2.75) is 32.7 Å². The van der Waals surface area contributed by atoms with E-state index < -0.39 is 0 Å². The molecule has 0 amide bonds. The van der Waals surface area contributed by atoms with Crippen LogP contribution in [0.2, 0.25) is 0 Å². The Morgan fingerprint density at radius 3 is 2.38 bits per heavy atom. The van der Waals surface area contributed by atoms with Gasteiger partial charge in [0.15, 0.2) is 5.76 Å². The zero-order chi connectivity index (χ0) is 22.1. The molecule has 4 heteroatoms. The second kappa shape index (κ2) is 8.64. The number of hydrogen-bond donors (Lipinski definition) is 1. The van der Waals surface area contributed by atoms with E-state index in [2.05, 4.69) is 17.0 Å². The Kier molecular flexibility index (Phi) is 5.54. The zero-order valence-electron chi connectivity index (χ0n) is 18.3. The second-order valence-electron chi connectivity index (χ2n) is 8.66. The summed E-state index contributed by atoms with van der Waals surface area (Å²) in [7, 11) is 0. The number of piperidine rings is 1. The quantitative estimate of drug-likeness (QED) is 0.523. The number of nitrogens with zero attached hydrogens (tertiary/aromatic N) is 1. The SMILES string of the molecule is Cc1cc(O)c(CN2CCCCC2)c2c1C(=O)/C(=C/c1ccc(-c3ccccc3)cc1)O2. The van der Waals surface area contributed by atoms with Crippen molar-refractivity contribution in [3.05, 3.63) is 88.7 Å². The van der Waals surface area contributed by atoms with Gasteiger partial charge in [0.05, 0.1) is 11.1 Å². The third-order valence-corrected chi connectivity index (χ3v) is 6.37. The molecule has 0 spiro atoms. The summed E-state index contributed by atoms with van der Waals surface area (Å²) in [5.74, 6) is 0.906. The zero-order valence-corrected chi connectivity index (χ0v) is 18.3. The van der Waals surface area contributed by atoms with Gasteiger partial charge >= 0.3 is 0 Å². The van der Waals surface area contributed by atoms with Gasteiger partial charge in [-0.05, 0) is 67.3 Å². The number of carbonyl (C=O) groups excluding carboxylic acids is 1. The fourth-order valence-electron chi connectivity index (χ4n) is 4.63. The van der Waals surface area contributed by atoms with Gasteiger partial charge in [-0.3, -0.25) is 9.69 Å². The molecule has 0 bridgehead atoms. The van der Waals surface area contributed by atoms with E-state index in [0.29, 0.717) is 29.2 Å². The minimum absolute atomic E-state index is 0.121. The number of Topliss-reactive ketones (excluding diaryl/α,β-unsaturated/α-hetero) is 1. The van der Waals surface area contributed by atoms with Crippen LogP contribution in [0.5, 0.6) is 11.5 Å². The van der Waals surface area contributed by atoms with Crippen molar-refractivity contribution in [2.24, 2.45) is 0 Å². The average Bonchev–Trinajstić information content (AvgIpc) is 3.14. The lowest BCUT2D eigenvalue weighted by Crippen LogP contribution is -2.29. The Bertz CT molecular complexity index is 1170. The smallest absolute Gasteiger partial charge is 0.232 e. The fourth-order valence-corrected chi connectivity index (χ4v) is 4.63. The molecular formula is C28H27NO3. The van der Waals surface area contributed by atoms with Crippen LogP contribution < -0.4 is 4.74 Å². The molecule has 0 radical (unpaired) electrons. The van der Waals surface area contributed by atoms with E-state index in [0.717, 1.165) is 35.3 Å². The van der Waals surface area contributed by atoms with Gasteiger partial charge in [-0.2, -0.15) is 0 Å². The van der Waals surface area contributed by atoms with Gasteiger partial charge in [0.1, 0.15) is 11.5 Å². The topological polar surface area (TPSA) is 49.8 Å². The number of hydrogen-bond acceptors (Lipinski definition) is 4. The number of aryl methyl sites for hydroxylation is 1. The number of phenols is 1. The highest BCUT2D eigenvalue weighted by Gasteiger charge is 2.33. The van der Waals surface area contributed by atoms with Crippen LogP contribution in [0.15, 0.2) is 66.4 Å². The largest absolute Gasteiger partial charge is 0.507 e. The summed E-state index contributed by atoms with van der Waals surface area (Å²) in [6.07, 6.45) is 5.37. The molecule has 3 aromatic rings. The van der Waals surface area contributed by atoms with Gasteiger partial charge in [0.25, 0.3) is 0 Å². The van der Waals surface area contributed by atoms with Crippen molar-refractivity contribution in [1.29, 1.82) is 0 Å². The number of ether oxygens (including phenoxy) is 1. The van der Waals surface area contributed by atoms with Crippen LogP contribution in [0, 0.1) is 6.92 Å². The first-order valence-corrected chi connectivity index (χ1v) is 11.3. The maximum absolute atomic E-state index is 13.2. The van der Waals surface area contributed by atoms with E-state index in [9.17, 15) is 9.90 Å². The van der Waals surface area contributed by atoms with E-state index in [1.54, 1.807) is 12.1 Å². The minimum Gasteiger partial charge on any atom is -0.507 e. The molecule has 0 aliphatic carbocycles. The maximum Gasteiger partial charge on any atom is 0.232 e. The lowest BCUT2D eigenvalue weighted by atomic mass is 9.98. The van der Waals surface area contributed by atoms with Crippen LogP contribution in [-0.2, 0) is 6.54 Å². The first kappa shape index (κ1) is 20.5. The van der Waals surface area contributed by atoms with Crippen molar-refractivity contribution < 1.29 is 14.6 Å². The number of phenolic OH excluding ortho intramolecular Hbond substituents is 1. The van der Waals surface area contributed by atoms with Gasteiger partial charge in [-0.1, -0.05) is 61.0 Å². The lowest BCUT2D eigenvalue weighted by Gasteiger charge is -2.27. The van der Waals surface area contributed by atoms with E-state index in [1.807, 2.05) is 49.4 Å². The molecule has 0 unspecified atom stereocenters. The number of ketones is 1. The molecule has 3 aromatic carbocycles. The molecule has 0 aromatic heterocycles. The molecular weight excluding hydrogens is 398 g/mol. The van der Waals surface area contributed by atoms with Gasteiger partial charge in [-0.25, -0.2) is 0 Å². The summed E-state index contributed by atoms with van der Waals surface area (Å²) in [6, 6.07) is 20.0. The molecule has 5 rings (SSSR count). The van der Waals surface area contributed by atoms with Crippen molar-refractivity contribution in [3.8, 4) is 22.6 Å². The Balaban J connectivity index is 1.44. The van der Waals surface area contributed by atoms with Crippen LogP contribution in [-0.4, -0.2) is 28.9 Å². The Hall–Kier alpha value is -3.37. The summed E-state index contributed by atoms with van der Waals surface area (Å²) in [6.45, 7) is 4.46. The molecule has 1 fully saturated rings. The van der Waals surface area contributed by atoms with E-state index in [-0.39, 0.29) is 11.5 Å². The molecule has 0 saturated carbocycles. The number of carbonyl (C=O) groups is 1. The van der Waals surface area contributed by atoms with Gasteiger partial charge in [0, 0.05) is 6.54 Å². The number of aromatic hydroxyl groups is 1. The second-order valence-corrected chi connectivity index (χ2v) is 8.66. The predicted octanol–water partition coefficient (Wildman–Crippen LogP) is 5.97. The van der Waals surface area contributed by atoms with Crippen molar-refractivity contribution >= 4 is 11.9 Å². The molecule has 0 atom stereocenters. The predicted molar refractivity (Wildman–Crippen MR) is 127 cm³/mol. The summed E-state index contributed by atoms with van der Waals surface area (Å²) in [5, 5.41) is 10.6. The minimum atomic E-state index is -0.121. The van der Waals surface area contributed by atoms with E-state index in [4.69, 9.17) is 4.74 Å². The molecule has 4 nitrogen and oxygen atoms in total. The molecule has 2 aliphatic heterocycles. The number of rotatable bonds is 4. The highest BCUT2D eigenvalue weighted by atomic mass is 16.5. The Morgan fingerprint density at radius 2 is 1.66 bits per heavy atom. The molecule has 2 heterocycles. The maximum atomic E-state index is 13.2. The highest BCUT2D eigenvalue weighted by molar-refractivity contribution is 6.15. The van der Waals surface area contributed by atoms with Crippen LogP contribution in [0.25, 0.3) is 17.2 Å². The summed E-state index contributed by atoms with van der Waals surface area (Å²) in [4.78, 5) is 15.5. The molecule has 1 saturated heterocycles. The number of fused-ring (bicyclic) bond motifs is 1. The van der Waals surface area contributed by atoms with E-state index >= 15 is 0 Å². The van der Waals surface area contributed by atoms with Crippen LogP contribution in [0.3, 0.4) is 0 Å². The number of allylic oxidation sites excluding steroid dienone is 1. The third-order valence-electron chi connectivity index (χ3n) is 6.37. The van der Waals surface area contributed by atoms with Gasteiger partial charge in [-0.15, -0.1) is 0 Å². The van der Waals surface area contributed by atoms with Crippen LogP contribution >= 0.6 is 0 Å². The van der Waals surface area contributed by atoms with Gasteiger partial charge < -0.3 is 9.84 Å². The third kappa shape index (κ3) is 3.94. The monoisotopic (exact) mass is 425 g/mol. The van der Waals surface area contributed by atoms with Crippen LogP contribution in [0.1, 0.15) is 46.3 Å². The fraction of sp³-hybridized carbons (Fsp3) is 0.250. The number of likely N-dealkylation sites (tertiary alicyclic amines) is 1. The summed E-state index contributed by atoms with van der Waals surface area (Å²) < 4.78 is 6.10. The lowest BCUT2D eigenvalue weighted by molar-refractivity contribution is 0.101. The number of benzene rings is 3.